The molecular weight excluding hydrogens is 1140 g/mol. The summed E-state index contributed by atoms with van der Waals surface area (Å²) in [7, 11) is 4.94. The highest BCUT2D eigenvalue weighted by Gasteiger charge is 2.42. The molecule has 4 aliphatic rings. The van der Waals surface area contributed by atoms with Gasteiger partial charge in [-0.1, -0.05) is 24.3 Å². The highest BCUT2D eigenvalue weighted by atomic mass is 19.4. The lowest BCUT2D eigenvalue weighted by molar-refractivity contribution is -0.144. The number of likely N-dealkylation sites (tertiary alicyclic amines) is 2. The van der Waals surface area contributed by atoms with Gasteiger partial charge in [-0.05, 0) is 112 Å². The Labute approximate surface area is 477 Å². The standard InChI is InChI=1S/C29H35F6N3O4.C28H33F6N3O5/c1-36(10-4-14-39)22-8-12-38(13-9-22)25(23-5-3-6-24-26(23)42-18-41-24)27(40)37(2)11-7-19-15-20(28(30,31)32)17-21(16-19)29(33,34)35;1-36(8-5-17-11-18(27(29,30)31)13-19(12-17)28(32,33)34)26(40)24(22-3-2-4-23-25(22)42-16-41-23)37-9-6-20(7-10-37)35-21(14-38)15-39/h3,5-6,15-17,22,25,39H,4,7-14,18H2,1-2H3;2-4,11-13,20-21,24,35,38-39H,5-10,14-16H2,1H3/t25-;24-/m00/s1. The molecular formula is C57H68F12N6O9. The second kappa shape index (κ2) is 27.9. The zero-order valence-electron chi connectivity index (χ0n) is 46.3. The number of carbonyl (C=O) groups is 2. The Kier molecular flexibility index (Phi) is 21.8. The predicted molar refractivity (Wildman–Crippen MR) is 281 cm³/mol. The fourth-order valence-electron chi connectivity index (χ4n) is 10.8. The van der Waals surface area contributed by atoms with E-state index in [0.717, 1.165) is 19.4 Å². The Morgan fingerprint density at radius 3 is 1.30 bits per heavy atom. The first-order chi connectivity index (χ1) is 39.6. The fourth-order valence-corrected chi connectivity index (χ4v) is 10.8. The zero-order valence-corrected chi connectivity index (χ0v) is 46.3. The van der Waals surface area contributed by atoms with Gasteiger partial charge in [-0.2, -0.15) is 52.7 Å². The molecule has 0 aromatic heterocycles. The number of carbonyl (C=O) groups excluding carboxylic acids is 2. The number of fused-ring (bicyclic) bond motifs is 2. The molecule has 4 aromatic rings. The minimum Gasteiger partial charge on any atom is -0.454 e. The van der Waals surface area contributed by atoms with Gasteiger partial charge in [0, 0.05) is 89.7 Å². The van der Waals surface area contributed by atoms with Crippen molar-refractivity contribution in [2.24, 2.45) is 0 Å². The third-order valence-corrected chi connectivity index (χ3v) is 15.4. The predicted octanol–water partition coefficient (Wildman–Crippen LogP) is 8.58. The molecule has 464 valence electrons. The number of rotatable bonds is 20. The molecule has 2 fully saturated rings. The number of hydrogen-bond acceptors (Lipinski definition) is 13. The van der Waals surface area contributed by atoms with E-state index in [-0.39, 0.29) is 101 Å². The van der Waals surface area contributed by atoms with E-state index in [2.05, 4.69) is 10.2 Å². The number of aliphatic hydroxyl groups excluding tert-OH is 3. The van der Waals surface area contributed by atoms with E-state index in [1.807, 2.05) is 16.8 Å². The van der Waals surface area contributed by atoms with Crippen molar-refractivity contribution < 1.29 is 96.5 Å². The summed E-state index contributed by atoms with van der Waals surface area (Å²) < 4.78 is 182. The highest BCUT2D eigenvalue weighted by molar-refractivity contribution is 5.85. The van der Waals surface area contributed by atoms with Gasteiger partial charge in [0.15, 0.2) is 23.0 Å². The molecule has 2 amide bonds. The molecule has 0 radical (unpaired) electrons. The van der Waals surface area contributed by atoms with Gasteiger partial charge in [-0.3, -0.25) is 19.4 Å². The van der Waals surface area contributed by atoms with Crippen LogP contribution in [-0.4, -0.2) is 170 Å². The molecule has 0 saturated carbocycles. The lowest BCUT2D eigenvalue weighted by atomic mass is 9.96. The molecule has 4 aliphatic heterocycles. The maximum atomic E-state index is 14.0. The number of amides is 2. The maximum absolute atomic E-state index is 14.0. The molecule has 27 heteroatoms. The molecule has 4 aromatic carbocycles. The summed E-state index contributed by atoms with van der Waals surface area (Å²) in [4.78, 5) is 36.7. The quantitative estimate of drug-likeness (QED) is 0.0625. The minimum absolute atomic E-state index is 0.00208. The van der Waals surface area contributed by atoms with Crippen molar-refractivity contribution in [2.45, 2.75) is 99.9 Å². The third kappa shape index (κ3) is 16.7. The molecule has 8 rings (SSSR count). The average molecular weight is 1210 g/mol. The lowest BCUT2D eigenvalue weighted by Crippen LogP contribution is -2.51. The van der Waals surface area contributed by atoms with E-state index in [1.165, 1.54) is 23.9 Å². The summed E-state index contributed by atoms with van der Waals surface area (Å²) in [6.07, 6.45) is -16.9. The van der Waals surface area contributed by atoms with E-state index < -0.39 is 71.0 Å². The third-order valence-electron chi connectivity index (χ3n) is 15.4. The summed E-state index contributed by atoms with van der Waals surface area (Å²) in [5, 5.41) is 31.1. The molecule has 15 nitrogen and oxygen atoms in total. The van der Waals surface area contributed by atoms with Crippen LogP contribution in [0.3, 0.4) is 0 Å². The van der Waals surface area contributed by atoms with Crippen LogP contribution < -0.4 is 24.3 Å². The van der Waals surface area contributed by atoms with Crippen molar-refractivity contribution in [3.05, 3.63) is 117 Å². The van der Waals surface area contributed by atoms with Crippen LogP contribution in [0.1, 0.15) is 88.7 Å². The first kappa shape index (κ1) is 65.4. The van der Waals surface area contributed by atoms with Gasteiger partial charge in [0.2, 0.25) is 25.4 Å². The topological polar surface area (TPSA) is 160 Å². The Bertz CT molecular complexity index is 2770. The fraction of sp³-hybridized carbons (Fsp3) is 0.544. The van der Waals surface area contributed by atoms with Crippen molar-refractivity contribution in [3.8, 4) is 23.0 Å². The van der Waals surface area contributed by atoms with Crippen molar-refractivity contribution in [3.63, 3.8) is 0 Å². The monoisotopic (exact) mass is 1210 g/mol. The van der Waals surface area contributed by atoms with E-state index in [4.69, 9.17) is 24.1 Å². The number of likely N-dealkylation sites (N-methyl/N-ethyl adjacent to an activating group) is 2. The second-order valence-corrected chi connectivity index (χ2v) is 21.2. The van der Waals surface area contributed by atoms with Crippen LogP contribution in [0.2, 0.25) is 0 Å². The van der Waals surface area contributed by atoms with Crippen LogP contribution in [0.5, 0.6) is 23.0 Å². The molecule has 0 spiro atoms. The maximum Gasteiger partial charge on any atom is 0.416 e. The summed E-state index contributed by atoms with van der Waals surface area (Å²) >= 11 is 0. The van der Waals surface area contributed by atoms with E-state index in [9.17, 15) is 72.5 Å². The van der Waals surface area contributed by atoms with Crippen molar-refractivity contribution >= 4 is 11.8 Å². The summed E-state index contributed by atoms with van der Waals surface area (Å²) in [5.41, 5.74) is -4.82. The first-order valence-electron chi connectivity index (χ1n) is 27.2. The number of piperidine rings is 2. The highest BCUT2D eigenvalue weighted by Crippen LogP contribution is 2.44. The Balaban J connectivity index is 0.000000241. The minimum atomic E-state index is -4.96. The van der Waals surface area contributed by atoms with Crippen molar-refractivity contribution in [1.82, 2.24) is 29.8 Å². The molecule has 2 saturated heterocycles. The smallest absolute Gasteiger partial charge is 0.416 e. The molecule has 0 aliphatic carbocycles. The molecule has 0 unspecified atom stereocenters. The van der Waals surface area contributed by atoms with Crippen LogP contribution >= 0.6 is 0 Å². The number of benzene rings is 4. The molecule has 4 heterocycles. The summed E-state index contributed by atoms with van der Waals surface area (Å²) in [5.74, 6) is 1.04. The van der Waals surface area contributed by atoms with Gasteiger partial charge < -0.3 is 54.3 Å². The van der Waals surface area contributed by atoms with Gasteiger partial charge in [0.1, 0.15) is 12.1 Å². The zero-order chi connectivity index (χ0) is 61.3. The molecule has 2 atom stereocenters. The van der Waals surface area contributed by atoms with Gasteiger partial charge in [0.05, 0.1) is 41.5 Å². The summed E-state index contributed by atoms with van der Waals surface area (Å²) in [6.45, 7) is 2.19. The van der Waals surface area contributed by atoms with Crippen LogP contribution in [0.15, 0.2) is 72.8 Å². The van der Waals surface area contributed by atoms with Crippen molar-refractivity contribution in [1.29, 1.82) is 0 Å². The number of para-hydroxylation sites is 2. The normalized spacial score (nSPS) is 17.1. The largest absolute Gasteiger partial charge is 0.454 e. The first-order valence-corrected chi connectivity index (χ1v) is 27.2. The molecule has 84 heavy (non-hydrogen) atoms. The second-order valence-electron chi connectivity index (χ2n) is 21.2. The van der Waals surface area contributed by atoms with Gasteiger partial charge in [0.25, 0.3) is 0 Å². The number of ether oxygens (including phenoxy) is 4. The number of nitrogens with zero attached hydrogens (tertiary/aromatic N) is 5. The Hall–Kier alpha value is -6.10. The average Bonchev–Trinajstić information content (AvgIpc) is 4.21. The van der Waals surface area contributed by atoms with E-state index in [0.29, 0.717) is 104 Å². The van der Waals surface area contributed by atoms with Gasteiger partial charge in [-0.25, -0.2) is 0 Å². The summed E-state index contributed by atoms with van der Waals surface area (Å²) in [6, 6.07) is 11.4. The van der Waals surface area contributed by atoms with Crippen molar-refractivity contribution in [2.75, 3.05) is 100 Å². The Morgan fingerprint density at radius 2 is 0.940 bits per heavy atom. The number of aliphatic hydroxyl groups is 3. The van der Waals surface area contributed by atoms with Crippen LogP contribution in [0, 0.1) is 0 Å². The van der Waals surface area contributed by atoms with E-state index in [1.54, 1.807) is 36.4 Å². The van der Waals surface area contributed by atoms with Crippen LogP contribution in [0.4, 0.5) is 52.7 Å². The number of nitrogens with one attached hydrogen (secondary N) is 1. The lowest BCUT2D eigenvalue weighted by Gasteiger charge is -2.41. The van der Waals surface area contributed by atoms with Gasteiger partial charge >= 0.3 is 24.7 Å². The Morgan fingerprint density at radius 1 is 0.560 bits per heavy atom. The van der Waals surface area contributed by atoms with Gasteiger partial charge in [-0.15, -0.1) is 0 Å². The number of alkyl halides is 12. The van der Waals surface area contributed by atoms with Crippen LogP contribution in [-0.2, 0) is 47.1 Å². The van der Waals surface area contributed by atoms with Crippen LogP contribution in [0.25, 0.3) is 0 Å². The molecule has 4 N–H and O–H groups in total. The molecule has 0 bridgehead atoms. The number of hydrogen-bond donors (Lipinski definition) is 4. The van der Waals surface area contributed by atoms with E-state index >= 15 is 0 Å². The number of halogens is 12. The SMILES string of the molecule is CN(CCc1cc(C(F)(F)F)cc(C(F)(F)F)c1)C(=O)[C@H](c1cccc2c1OCO2)N1CCC(N(C)CCCO)CC1.CN(CCc1cc(C(F)(F)F)cc(C(F)(F)F)c1)C(=O)[C@H](c1cccc2c1OCO2)N1CCC(NC(CO)CO)CC1.